The third-order valence-electron chi connectivity index (χ3n) is 10.2. The summed E-state index contributed by atoms with van der Waals surface area (Å²) < 4.78 is 0. The van der Waals surface area contributed by atoms with Gasteiger partial charge in [-0.1, -0.05) is 176 Å². The van der Waals surface area contributed by atoms with E-state index in [2.05, 4.69) is 169 Å². The Morgan fingerprint density at radius 1 is 0.400 bits per heavy atom. The van der Waals surface area contributed by atoms with Gasteiger partial charge in [0.2, 0.25) is 0 Å². The van der Waals surface area contributed by atoms with Crippen molar-refractivity contribution in [2.75, 3.05) is 0 Å². The fourth-order valence-electron chi connectivity index (χ4n) is 7.44. The van der Waals surface area contributed by atoms with E-state index < -0.39 is 0 Å². The summed E-state index contributed by atoms with van der Waals surface area (Å²) in [6.45, 7) is 0. The highest BCUT2D eigenvalue weighted by atomic mass is 32.2. The molecule has 55 heavy (non-hydrogen) atoms. The van der Waals surface area contributed by atoms with Crippen LogP contribution in [0.5, 0.6) is 0 Å². The van der Waals surface area contributed by atoms with Gasteiger partial charge in [0.1, 0.15) is 0 Å². The first kappa shape index (κ1) is 32.7. The van der Waals surface area contributed by atoms with Crippen LogP contribution >= 0.6 is 11.8 Å². The average Bonchev–Trinajstić information content (AvgIpc) is 3.28. The molecule has 4 heteroatoms. The molecule has 3 heterocycles. The maximum absolute atomic E-state index is 5.23. The SMILES string of the molecule is C1=Cc2ccc(-c3cc(-c4ccc(-c5cccnc5)cc4)nc(-c4ccccc4)n3)cc2-c2ccc3ccccc3c2Sc2ccccc2-c2ccccc21. The summed E-state index contributed by atoms with van der Waals surface area (Å²) in [5.74, 6) is 0.691. The predicted octanol–water partition coefficient (Wildman–Crippen LogP) is 13.7. The molecular weight excluding hydrogens is 687 g/mol. The molecule has 2 aromatic heterocycles. The van der Waals surface area contributed by atoms with Crippen LogP contribution in [0.4, 0.5) is 0 Å². The van der Waals surface area contributed by atoms with E-state index in [1.165, 1.54) is 42.8 Å². The van der Waals surface area contributed by atoms with E-state index in [1.54, 1.807) is 6.20 Å². The fraction of sp³-hybridized carbons (Fsp3) is 0. The van der Waals surface area contributed by atoms with Crippen molar-refractivity contribution in [3.63, 3.8) is 0 Å². The Bertz CT molecular complexity index is 2880. The highest BCUT2D eigenvalue weighted by Gasteiger charge is 2.19. The molecule has 0 radical (unpaired) electrons. The first-order valence-corrected chi connectivity index (χ1v) is 19.2. The zero-order valence-corrected chi connectivity index (χ0v) is 30.6. The van der Waals surface area contributed by atoms with Crippen molar-refractivity contribution in [2.45, 2.75) is 9.79 Å². The Labute approximate surface area is 324 Å². The number of aromatic nitrogens is 3. The van der Waals surface area contributed by atoms with Crippen LogP contribution in [0.3, 0.4) is 0 Å². The Hall–Kier alpha value is -6.88. The molecule has 0 aliphatic carbocycles. The van der Waals surface area contributed by atoms with Crippen molar-refractivity contribution < 1.29 is 0 Å². The Morgan fingerprint density at radius 2 is 1.07 bits per heavy atom. The zero-order valence-electron chi connectivity index (χ0n) is 29.8. The van der Waals surface area contributed by atoms with E-state index >= 15 is 0 Å². The van der Waals surface area contributed by atoms with Gasteiger partial charge in [-0.25, -0.2) is 9.97 Å². The quantitative estimate of drug-likeness (QED) is 0.182. The van der Waals surface area contributed by atoms with Gasteiger partial charge >= 0.3 is 0 Å². The molecule has 0 atom stereocenters. The second-order valence-electron chi connectivity index (χ2n) is 13.6. The van der Waals surface area contributed by atoms with E-state index in [1.807, 2.05) is 42.2 Å². The maximum atomic E-state index is 5.23. The molecule has 258 valence electrons. The molecule has 0 amide bonds. The van der Waals surface area contributed by atoms with Crippen molar-refractivity contribution >= 4 is 34.7 Å². The summed E-state index contributed by atoms with van der Waals surface area (Å²) in [5.41, 5.74) is 14.1. The average molecular weight is 720 g/mol. The van der Waals surface area contributed by atoms with Gasteiger partial charge in [-0.05, 0) is 79.5 Å². The van der Waals surface area contributed by atoms with Crippen molar-refractivity contribution in [1.82, 2.24) is 15.0 Å². The number of fused-ring (bicyclic) bond motifs is 8. The van der Waals surface area contributed by atoms with Crippen LogP contribution < -0.4 is 0 Å². The molecule has 3 nitrogen and oxygen atoms in total. The van der Waals surface area contributed by atoms with Crippen molar-refractivity contribution in [3.05, 3.63) is 199 Å². The third kappa shape index (κ3) is 6.33. The summed E-state index contributed by atoms with van der Waals surface area (Å²) in [6, 6.07) is 62.4. The minimum atomic E-state index is 0.691. The lowest BCUT2D eigenvalue weighted by Crippen LogP contribution is -1.97. The fourth-order valence-corrected chi connectivity index (χ4v) is 8.68. The number of benzene rings is 7. The number of nitrogens with zero attached hydrogens (tertiary/aromatic N) is 3. The van der Waals surface area contributed by atoms with Crippen LogP contribution in [0.15, 0.2) is 198 Å². The normalized spacial score (nSPS) is 11.9. The Kier molecular flexibility index (Phi) is 8.43. The highest BCUT2D eigenvalue weighted by Crippen LogP contribution is 2.47. The van der Waals surface area contributed by atoms with Crippen LogP contribution in [-0.4, -0.2) is 15.0 Å². The van der Waals surface area contributed by atoms with Gasteiger partial charge in [-0.2, -0.15) is 0 Å². The van der Waals surface area contributed by atoms with Crippen molar-refractivity contribution in [2.24, 2.45) is 0 Å². The number of pyridine rings is 1. The lowest BCUT2D eigenvalue weighted by molar-refractivity contribution is 1.18. The summed E-state index contributed by atoms with van der Waals surface area (Å²) in [6.07, 6.45) is 8.21. The number of hydrogen-bond acceptors (Lipinski definition) is 4. The minimum absolute atomic E-state index is 0.691. The first-order valence-electron chi connectivity index (χ1n) is 18.4. The lowest BCUT2D eigenvalue weighted by Gasteiger charge is -2.18. The number of hydrogen-bond donors (Lipinski definition) is 0. The smallest absolute Gasteiger partial charge is 0.160 e. The van der Waals surface area contributed by atoms with E-state index in [4.69, 9.17) is 9.97 Å². The standard InChI is InChI=1S/C51H33N3S/c1-2-13-39(14-3-1)51-53-47(38-25-20-34(21-26-38)41-15-10-30-52-33-41)32-48(54-51)40-27-24-37-23-22-35-11-4-6-16-42(35)44-18-8-9-19-49(44)55-50-43-17-7-5-12-36(43)28-29-45(50)46(37)31-40/h1-33H. The molecule has 0 fully saturated rings. The monoisotopic (exact) mass is 719 g/mol. The van der Waals surface area contributed by atoms with Gasteiger partial charge < -0.3 is 0 Å². The molecule has 0 spiro atoms. The van der Waals surface area contributed by atoms with Crippen LogP contribution in [0, 0.1) is 0 Å². The Morgan fingerprint density at radius 3 is 1.91 bits per heavy atom. The summed E-state index contributed by atoms with van der Waals surface area (Å²) >= 11 is 1.85. The van der Waals surface area contributed by atoms with Crippen LogP contribution in [-0.2, 0) is 0 Å². The van der Waals surface area contributed by atoms with Crippen LogP contribution in [0.25, 0.3) is 90.2 Å². The predicted molar refractivity (Wildman–Crippen MR) is 229 cm³/mol. The van der Waals surface area contributed by atoms with Gasteiger partial charge in [0, 0.05) is 38.9 Å². The molecule has 0 saturated heterocycles. The van der Waals surface area contributed by atoms with Crippen molar-refractivity contribution in [3.8, 4) is 67.3 Å². The molecule has 0 N–H and O–H groups in total. The number of rotatable bonds is 4. The largest absolute Gasteiger partial charge is 0.264 e. The second kappa shape index (κ2) is 14.2. The molecule has 0 bridgehead atoms. The van der Waals surface area contributed by atoms with Gasteiger partial charge in [0.15, 0.2) is 5.82 Å². The van der Waals surface area contributed by atoms with E-state index in [0.29, 0.717) is 5.82 Å². The van der Waals surface area contributed by atoms with Crippen LogP contribution in [0.1, 0.15) is 11.1 Å². The summed E-state index contributed by atoms with van der Waals surface area (Å²) in [5, 5.41) is 2.45. The lowest BCUT2D eigenvalue weighted by atomic mass is 9.93. The molecule has 1 aliphatic rings. The minimum Gasteiger partial charge on any atom is -0.264 e. The highest BCUT2D eigenvalue weighted by molar-refractivity contribution is 7.99. The van der Waals surface area contributed by atoms with Gasteiger partial charge in [-0.3, -0.25) is 4.98 Å². The maximum Gasteiger partial charge on any atom is 0.160 e. The van der Waals surface area contributed by atoms with Gasteiger partial charge in [0.25, 0.3) is 0 Å². The van der Waals surface area contributed by atoms with E-state index in [-0.39, 0.29) is 0 Å². The third-order valence-corrected chi connectivity index (χ3v) is 11.5. The second-order valence-corrected chi connectivity index (χ2v) is 14.7. The van der Waals surface area contributed by atoms with E-state index in [0.717, 1.165) is 50.3 Å². The summed E-state index contributed by atoms with van der Waals surface area (Å²) in [4.78, 5) is 17.1. The van der Waals surface area contributed by atoms with E-state index in [9.17, 15) is 0 Å². The summed E-state index contributed by atoms with van der Waals surface area (Å²) in [7, 11) is 0. The topological polar surface area (TPSA) is 38.7 Å². The molecular formula is C51H33N3S. The molecule has 0 saturated carbocycles. The van der Waals surface area contributed by atoms with Gasteiger partial charge in [-0.15, -0.1) is 0 Å². The first-order chi connectivity index (χ1) is 27.2. The molecule has 9 aromatic rings. The van der Waals surface area contributed by atoms with Crippen LogP contribution in [0.2, 0.25) is 0 Å². The molecule has 7 aromatic carbocycles. The van der Waals surface area contributed by atoms with Crippen molar-refractivity contribution in [1.29, 1.82) is 0 Å². The zero-order chi connectivity index (χ0) is 36.6. The molecule has 1 aliphatic heterocycles. The Balaban J connectivity index is 1.18. The van der Waals surface area contributed by atoms with Gasteiger partial charge in [0.05, 0.1) is 11.4 Å². The molecule has 0 unspecified atom stereocenters. The molecule has 10 rings (SSSR count).